The van der Waals surface area contributed by atoms with Crippen LogP contribution in [0.2, 0.25) is 0 Å². The molecule has 0 aliphatic heterocycles. The van der Waals surface area contributed by atoms with Gasteiger partial charge in [-0.15, -0.1) is 0 Å². The third-order valence-electron chi connectivity index (χ3n) is 2.02. The van der Waals surface area contributed by atoms with Crippen molar-refractivity contribution < 1.29 is 4.79 Å². The number of nitrogens with zero attached hydrogens (tertiary/aromatic N) is 1. The van der Waals surface area contributed by atoms with Crippen LogP contribution < -0.4 is 5.43 Å². The number of carbonyl (C=O) groups is 1. The normalized spacial score (nSPS) is 11.5. The highest BCUT2D eigenvalue weighted by atomic mass is 16.2. The molecule has 0 radical (unpaired) electrons. The Labute approximate surface area is 87.0 Å². The van der Waals surface area contributed by atoms with E-state index in [0.29, 0.717) is 6.42 Å². The second-order valence-corrected chi connectivity index (χ2v) is 3.59. The van der Waals surface area contributed by atoms with Crippen LogP contribution in [0.25, 0.3) is 0 Å². The summed E-state index contributed by atoms with van der Waals surface area (Å²) >= 11 is 0. The van der Waals surface area contributed by atoms with Gasteiger partial charge in [-0.3, -0.25) is 4.79 Å². The topological polar surface area (TPSA) is 41.5 Å². The first kappa shape index (κ1) is 13.1. The minimum Gasteiger partial charge on any atom is -0.273 e. The maximum Gasteiger partial charge on any atom is 0.240 e. The maximum atomic E-state index is 11.2. The molecular weight excluding hydrogens is 176 g/mol. The van der Waals surface area contributed by atoms with Crippen molar-refractivity contribution in [2.24, 2.45) is 5.10 Å². The highest BCUT2D eigenvalue weighted by Crippen LogP contribution is 1.96. The molecule has 0 heterocycles. The van der Waals surface area contributed by atoms with Crippen LogP contribution in [0.4, 0.5) is 0 Å². The summed E-state index contributed by atoms with van der Waals surface area (Å²) in [5, 5.41) is 4.03. The van der Waals surface area contributed by atoms with Crippen LogP contribution in [-0.2, 0) is 4.79 Å². The minimum atomic E-state index is 0.0303. The van der Waals surface area contributed by atoms with Gasteiger partial charge < -0.3 is 0 Å². The Kier molecular flexibility index (Phi) is 8.19. The van der Waals surface area contributed by atoms with E-state index in [4.69, 9.17) is 0 Å². The van der Waals surface area contributed by atoms with E-state index in [-0.39, 0.29) is 5.91 Å². The summed E-state index contributed by atoms with van der Waals surface area (Å²) in [7, 11) is 0. The minimum absolute atomic E-state index is 0.0303. The summed E-state index contributed by atoms with van der Waals surface area (Å²) in [6, 6.07) is 0. The van der Waals surface area contributed by atoms with E-state index in [2.05, 4.69) is 24.4 Å². The molecule has 0 saturated heterocycles. The molecule has 0 unspecified atom stereocenters. The Hall–Kier alpha value is -0.860. The first-order chi connectivity index (χ1) is 6.70. The molecule has 0 aromatic heterocycles. The lowest BCUT2D eigenvalue weighted by Gasteiger charge is -2.01. The lowest BCUT2D eigenvalue weighted by molar-refractivity contribution is -0.121. The van der Waals surface area contributed by atoms with Gasteiger partial charge in [0.25, 0.3) is 0 Å². The lowest BCUT2D eigenvalue weighted by atomic mass is 10.2. The first-order valence-electron chi connectivity index (χ1n) is 5.52. The predicted octanol–water partition coefficient (Wildman–Crippen LogP) is 2.86. The SMILES string of the molecule is CCCCC(=O)N/N=C(/C)CCCC. The van der Waals surface area contributed by atoms with Gasteiger partial charge in [-0.1, -0.05) is 26.7 Å². The van der Waals surface area contributed by atoms with Gasteiger partial charge in [0.1, 0.15) is 0 Å². The summed E-state index contributed by atoms with van der Waals surface area (Å²) < 4.78 is 0. The standard InChI is InChI=1S/C11H22N2O/c1-4-6-8-10(3)12-13-11(14)9-7-5-2/h4-9H2,1-3H3,(H,13,14)/b12-10-. The van der Waals surface area contributed by atoms with E-state index in [0.717, 1.165) is 37.8 Å². The van der Waals surface area contributed by atoms with Gasteiger partial charge in [0, 0.05) is 12.1 Å². The molecule has 0 aliphatic rings. The fraction of sp³-hybridized carbons (Fsp3) is 0.818. The fourth-order valence-corrected chi connectivity index (χ4v) is 1.04. The molecule has 0 bridgehead atoms. The molecule has 0 aliphatic carbocycles. The molecule has 3 heteroatoms. The second-order valence-electron chi connectivity index (χ2n) is 3.59. The highest BCUT2D eigenvalue weighted by Gasteiger charge is 1.98. The number of amides is 1. The fourth-order valence-electron chi connectivity index (χ4n) is 1.04. The molecule has 3 nitrogen and oxygen atoms in total. The van der Waals surface area contributed by atoms with E-state index in [1.165, 1.54) is 0 Å². The molecule has 14 heavy (non-hydrogen) atoms. The summed E-state index contributed by atoms with van der Waals surface area (Å²) in [4.78, 5) is 11.2. The zero-order valence-corrected chi connectivity index (χ0v) is 9.60. The van der Waals surface area contributed by atoms with Crippen molar-refractivity contribution in [2.75, 3.05) is 0 Å². The maximum absolute atomic E-state index is 11.2. The summed E-state index contributed by atoms with van der Waals surface area (Å²) in [6.07, 6.45) is 5.85. The van der Waals surface area contributed by atoms with Crippen molar-refractivity contribution in [3.05, 3.63) is 0 Å². The Morgan fingerprint density at radius 3 is 2.29 bits per heavy atom. The Morgan fingerprint density at radius 1 is 1.14 bits per heavy atom. The van der Waals surface area contributed by atoms with Crippen LogP contribution in [0.5, 0.6) is 0 Å². The van der Waals surface area contributed by atoms with Crippen LogP contribution in [0.3, 0.4) is 0 Å². The van der Waals surface area contributed by atoms with Crippen LogP contribution in [-0.4, -0.2) is 11.6 Å². The zero-order valence-electron chi connectivity index (χ0n) is 9.60. The average molecular weight is 198 g/mol. The van der Waals surface area contributed by atoms with Gasteiger partial charge in [-0.05, 0) is 26.2 Å². The van der Waals surface area contributed by atoms with Crippen molar-refractivity contribution >= 4 is 11.6 Å². The van der Waals surface area contributed by atoms with E-state index in [1.807, 2.05) is 6.92 Å². The van der Waals surface area contributed by atoms with E-state index < -0.39 is 0 Å². The molecular formula is C11H22N2O. The largest absolute Gasteiger partial charge is 0.273 e. The molecule has 0 atom stereocenters. The molecule has 0 saturated carbocycles. The lowest BCUT2D eigenvalue weighted by Crippen LogP contribution is -2.18. The first-order valence-corrected chi connectivity index (χ1v) is 5.52. The van der Waals surface area contributed by atoms with Crippen LogP contribution in [0.15, 0.2) is 5.10 Å². The van der Waals surface area contributed by atoms with Crippen molar-refractivity contribution in [1.82, 2.24) is 5.43 Å². The number of hydrazone groups is 1. The van der Waals surface area contributed by atoms with Crippen LogP contribution in [0.1, 0.15) is 59.3 Å². The van der Waals surface area contributed by atoms with Gasteiger partial charge in [-0.2, -0.15) is 5.10 Å². The summed E-state index contributed by atoms with van der Waals surface area (Å²) in [5.74, 6) is 0.0303. The second kappa shape index (κ2) is 8.73. The van der Waals surface area contributed by atoms with Gasteiger partial charge in [0.2, 0.25) is 5.91 Å². The van der Waals surface area contributed by atoms with Gasteiger partial charge in [-0.25, -0.2) is 5.43 Å². The Bertz CT molecular complexity index is 188. The Morgan fingerprint density at radius 2 is 1.71 bits per heavy atom. The van der Waals surface area contributed by atoms with Crippen molar-refractivity contribution in [1.29, 1.82) is 0 Å². The van der Waals surface area contributed by atoms with Crippen molar-refractivity contribution in [3.8, 4) is 0 Å². The molecule has 1 amide bonds. The van der Waals surface area contributed by atoms with Gasteiger partial charge >= 0.3 is 0 Å². The number of nitrogens with one attached hydrogen (secondary N) is 1. The number of carbonyl (C=O) groups excluding carboxylic acids is 1. The molecule has 0 aromatic rings. The molecule has 1 N–H and O–H groups in total. The molecule has 0 rings (SSSR count). The summed E-state index contributed by atoms with van der Waals surface area (Å²) in [5.41, 5.74) is 3.59. The average Bonchev–Trinajstić information content (AvgIpc) is 2.20. The molecule has 82 valence electrons. The van der Waals surface area contributed by atoms with Crippen molar-refractivity contribution in [2.45, 2.75) is 59.3 Å². The van der Waals surface area contributed by atoms with E-state index in [9.17, 15) is 4.79 Å². The monoisotopic (exact) mass is 198 g/mol. The summed E-state index contributed by atoms with van der Waals surface area (Å²) in [6.45, 7) is 6.17. The number of rotatable bonds is 7. The number of hydrogen-bond acceptors (Lipinski definition) is 2. The zero-order chi connectivity index (χ0) is 10.8. The number of unbranched alkanes of at least 4 members (excludes halogenated alkanes) is 2. The van der Waals surface area contributed by atoms with Gasteiger partial charge in [0.05, 0.1) is 0 Å². The molecule has 0 fully saturated rings. The smallest absolute Gasteiger partial charge is 0.240 e. The highest BCUT2D eigenvalue weighted by molar-refractivity contribution is 5.84. The van der Waals surface area contributed by atoms with E-state index >= 15 is 0 Å². The Balaban J connectivity index is 3.61. The third kappa shape index (κ3) is 7.77. The van der Waals surface area contributed by atoms with Crippen LogP contribution >= 0.6 is 0 Å². The predicted molar refractivity (Wildman–Crippen MR) is 60.3 cm³/mol. The molecule has 0 aromatic carbocycles. The van der Waals surface area contributed by atoms with Crippen LogP contribution in [0, 0.1) is 0 Å². The van der Waals surface area contributed by atoms with Crippen molar-refractivity contribution in [3.63, 3.8) is 0 Å². The van der Waals surface area contributed by atoms with Gasteiger partial charge in [0.15, 0.2) is 0 Å². The van der Waals surface area contributed by atoms with E-state index in [1.54, 1.807) is 0 Å². The molecule has 0 spiro atoms. The number of hydrogen-bond donors (Lipinski definition) is 1. The third-order valence-corrected chi connectivity index (χ3v) is 2.02. The quantitative estimate of drug-likeness (QED) is 0.496.